The lowest BCUT2D eigenvalue weighted by Gasteiger charge is -2.37. The van der Waals surface area contributed by atoms with Gasteiger partial charge in [-0.25, -0.2) is 0 Å². The Morgan fingerprint density at radius 2 is 1.51 bits per heavy atom. The summed E-state index contributed by atoms with van der Waals surface area (Å²) in [4.78, 5) is 78.7. The molecule has 43 heavy (non-hydrogen) atoms. The Bertz CT molecular complexity index is 1400. The molecule has 0 radical (unpaired) electrons. The summed E-state index contributed by atoms with van der Waals surface area (Å²) in [5.74, 6) is -3.73. The van der Waals surface area contributed by atoms with Gasteiger partial charge in [0.1, 0.15) is 12.1 Å². The van der Waals surface area contributed by atoms with E-state index in [-0.39, 0.29) is 24.9 Å². The molecule has 5 amide bonds. The number of carbonyl (C=O) groups excluding carboxylic acids is 6. The van der Waals surface area contributed by atoms with Crippen molar-refractivity contribution < 1.29 is 28.8 Å². The summed E-state index contributed by atoms with van der Waals surface area (Å²) in [7, 11) is 1.53. The van der Waals surface area contributed by atoms with Gasteiger partial charge in [-0.3, -0.25) is 28.8 Å². The van der Waals surface area contributed by atoms with E-state index in [2.05, 4.69) is 21.3 Å². The van der Waals surface area contributed by atoms with Crippen molar-refractivity contribution in [3.05, 3.63) is 70.8 Å². The van der Waals surface area contributed by atoms with Crippen molar-refractivity contribution in [2.45, 2.75) is 72.8 Å². The van der Waals surface area contributed by atoms with Crippen molar-refractivity contribution in [3.8, 4) is 0 Å². The third-order valence-corrected chi connectivity index (χ3v) is 7.35. The predicted octanol–water partition coefficient (Wildman–Crippen LogP) is 1.95. The third-order valence-electron chi connectivity index (χ3n) is 7.35. The lowest BCUT2D eigenvalue weighted by atomic mass is 9.84. The van der Waals surface area contributed by atoms with Crippen molar-refractivity contribution in [1.82, 2.24) is 26.2 Å². The molecule has 0 unspecified atom stereocenters. The summed E-state index contributed by atoms with van der Waals surface area (Å²) < 4.78 is 0. The Morgan fingerprint density at radius 3 is 2.07 bits per heavy atom. The summed E-state index contributed by atoms with van der Waals surface area (Å²) in [5, 5.41) is 10.4. The first kappa shape index (κ1) is 33.0. The zero-order valence-electron chi connectivity index (χ0n) is 25.7. The minimum Gasteiger partial charge on any atom is -0.355 e. The van der Waals surface area contributed by atoms with E-state index in [0.717, 1.165) is 5.56 Å². The lowest BCUT2D eigenvalue weighted by molar-refractivity contribution is -0.141. The molecule has 0 saturated heterocycles. The van der Waals surface area contributed by atoms with Crippen LogP contribution in [0, 0.1) is 11.3 Å². The molecule has 230 valence electrons. The summed E-state index contributed by atoms with van der Waals surface area (Å²) in [6.45, 7) is 10.8. The lowest BCUT2D eigenvalue weighted by Crippen LogP contribution is -2.59. The van der Waals surface area contributed by atoms with Crippen molar-refractivity contribution in [3.63, 3.8) is 0 Å². The quantitative estimate of drug-likeness (QED) is 0.293. The number of hydrogen-bond donors (Lipinski definition) is 4. The number of carbonyl (C=O) groups is 6. The number of amides is 5. The number of hydrogen-bond acceptors (Lipinski definition) is 6. The first-order chi connectivity index (χ1) is 20.1. The van der Waals surface area contributed by atoms with Crippen molar-refractivity contribution in [2.24, 2.45) is 11.3 Å². The first-order valence-electron chi connectivity index (χ1n) is 14.3. The normalized spacial score (nSPS) is 14.8. The molecule has 11 heteroatoms. The zero-order valence-corrected chi connectivity index (χ0v) is 25.7. The fourth-order valence-electron chi connectivity index (χ4n) is 4.99. The average Bonchev–Trinajstić information content (AvgIpc) is 3.28. The van der Waals surface area contributed by atoms with Crippen LogP contribution in [-0.2, 0) is 32.3 Å². The van der Waals surface area contributed by atoms with Gasteiger partial charge in [-0.15, -0.1) is 0 Å². The van der Waals surface area contributed by atoms with Crippen LogP contribution in [0.25, 0.3) is 0 Å². The predicted molar refractivity (Wildman–Crippen MR) is 161 cm³/mol. The van der Waals surface area contributed by atoms with E-state index in [0.29, 0.717) is 16.7 Å². The molecule has 0 aliphatic carbocycles. The highest BCUT2D eigenvalue weighted by atomic mass is 16.2. The Balaban J connectivity index is 1.62. The van der Waals surface area contributed by atoms with E-state index in [1.54, 1.807) is 50.2 Å². The van der Waals surface area contributed by atoms with E-state index in [1.807, 2.05) is 32.9 Å². The maximum atomic E-state index is 13.5. The van der Waals surface area contributed by atoms with Crippen LogP contribution in [0.15, 0.2) is 48.5 Å². The molecule has 0 spiro atoms. The SMILES string of the molecule is CNC(=O)c1ccc(CNC(=O)C(=O)[C@@H](NC(=O)[C@H](C)NC(=O)[C@@H](N2Cc3ccccc3C2=O)C(C)(C)C)C(C)C)cc1. The molecule has 0 saturated carbocycles. The summed E-state index contributed by atoms with van der Waals surface area (Å²) in [5.41, 5.74) is 1.88. The molecule has 3 rings (SSSR count). The Hall–Kier alpha value is -4.54. The third kappa shape index (κ3) is 7.85. The van der Waals surface area contributed by atoms with Gasteiger partial charge in [-0.05, 0) is 47.6 Å². The number of rotatable bonds is 11. The molecule has 1 aliphatic heterocycles. The largest absolute Gasteiger partial charge is 0.355 e. The second-order valence-corrected chi connectivity index (χ2v) is 12.1. The van der Waals surface area contributed by atoms with Gasteiger partial charge in [-0.1, -0.05) is 65.0 Å². The summed E-state index contributed by atoms with van der Waals surface area (Å²) in [6, 6.07) is 10.7. The second-order valence-electron chi connectivity index (χ2n) is 12.1. The Morgan fingerprint density at radius 1 is 0.884 bits per heavy atom. The molecule has 3 atom stereocenters. The zero-order chi connectivity index (χ0) is 32.1. The summed E-state index contributed by atoms with van der Waals surface area (Å²) in [6.07, 6.45) is 0. The standard InChI is InChI=1S/C32H41N5O6/c1-18(2)24(25(38)29(41)34-16-20-12-14-21(15-13-20)28(40)33-7)36-27(39)19(3)35-30(42)26(32(4,5)6)37-17-22-10-8-9-11-23(22)31(37)43/h8-15,18-19,24,26H,16-17H2,1-7H3,(H,33,40)(H,34,41)(H,35,42)(H,36,39)/t19-,24-,26+/m0/s1. The van der Waals surface area contributed by atoms with E-state index in [9.17, 15) is 28.8 Å². The molecule has 4 N–H and O–H groups in total. The highest BCUT2D eigenvalue weighted by molar-refractivity contribution is 6.38. The molecular formula is C32H41N5O6. The maximum Gasteiger partial charge on any atom is 0.289 e. The van der Waals surface area contributed by atoms with E-state index in [4.69, 9.17) is 0 Å². The van der Waals surface area contributed by atoms with Gasteiger partial charge in [0.05, 0.1) is 6.04 Å². The minimum atomic E-state index is -1.13. The Kier molecular flexibility index (Phi) is 10.4. The number of ketones is 1. The number of Topliss-reactive ketones (excluding diaryl/α,β-unsaturated/α-hetero) is 1. The first-order valence-corrected chi connectivity index (χ1v) is 14.3. The van der Waals surface area contributed by atoms with E-state index < -0.39 is 53.0 Å². The number of fused-ring (bicyclic) bond motifs is 1. The average molecular weight is 592 g/mol. The molecule has 2 aromatic rings. The van der Waals surface area contributed by atoms with Gasteiger partial charge < -0.3 is 26.2 Å². The van der Waals surface area contributed by atoms with Gasteiger partial charge in [-0.2, -0.15) is 0 Å². The molecule has 0 bridgehead atoms. The van der Waals surface area contributed by atoms with Crippen molar-refractivity contribution >= 4 is 35.3 Å². The van der Waals surface area contributed by atoms with E-state index >= 15 is 0 Å². The molecule has 2 aromatic carbocycles. The summed E-state index contributed by atoms with van der Waals surface area (Å²) >= 11 is 0. The Labute approximate surface area is 252 Å². The monoisotopic (exact) mass is 591 g/mol. The number of benzene rings is 2. The smallest absolute Gasteiger partial charge is 0.289 e. The molecule has 11 nitrogen and oxygen atoms in total. The molecule has 1 aliphatic rings. The molecular weight excluding hydrogens is 550 g/mol. The minimum absolute atomic E-state index is 0.0527. The highest BCUT2D eigenvalue weighted by Crippen LogP contribution is 2.32. The maximum absolute atomic E-state index is 13.5. The van der Waals surface area contributed by atoms with Crippen LogP contribution in [0.3, 0.4) is 0 Å². The van der Waals surface area contributed by atoms with Gasteiger partial charge >= 0.3 is 0 Å². The van der Waals surface area contributed by atoms with Crippen LogP contribution in [-0.4, -0.2) is 65.4 Å². The van der Waals surface area contributed by atoms with Gasteiger partial charge in [0.25, 0.3) is 17.7 Å². The molecule has 0 aromatic heterocycles. The van der Waals surface area contributed by atoms with Crippen LogP contribution < -0.4 is 21.3 Å². The van der Waals surface area contributed by atoms with Crippen LogP contribution in [0.2, 0.25) is 0 Å². The van der Waals surface area contributed by atoms with Crippen LogP contribution >= 0.6 is 0 Å². The van der Waals surface area contributed by atoms with E-state index in [1.165, 1.54) is 18.9 Å². The second kappa shape index (κ2) is 13.6. The molecule has 1 heterocycles. The van der Waals surface area contributed by atoms with Crippen LogP contribution in [0.5, 0.6) is 0 Å². The highest BCUT2D eigenvalue weighted by Gasteiger charge is 2.43. The van der Waals surface area contributed by atoms with Gasteiger partial charge in [0.15, 0.2) is 0 Å². The van der Waals surface area contributed by atoms with Crippen molar-refractivity contribution in [1.29, 1.82) is 0 Å². The van der Waals surface area contributed by atoms with Gasteiger partial charge in [0, 0.05) is 31.3 Å². The molecule has 0 fully saturated rings. The van der Waals surface area contributed by atoms with Crippen LogP contribution in [0.1, 0.15) is 73.4 Å². The number of nitrogens with zero attached hydrogens (tertiary/aromatic N) is 1. The topological polar surface area (TPSA) is 154 Å². The van der Waals surface area contributed by atoms with Gasteiger partial charge in [0.2, 0.25) is 17.6 Å². The fourth-order valence-corrected chi connectivity index (χ4v) is 4.99. The van der Waals surface area contributed by atoms with Crippen molar-refractivity contribution in [2.75, 3.05) is 7.05 Å². The fraction of sp³-hybridized carbons (Fsp3) is 0.438. The van der Waals surface area contributed by atoms with Crippen LogP contribution in [0.4, 0.5) is 0 Å². The number of nitrogens with one attached hydrogen (secondary N) is 4.